The summed E-state index contributed by atoms with van der Waals surface area (Å²) in [6.07, 6.45) is 11.8. The minimum Gasteiger partial charge on any atom is -0.378 e. The summed E-state index contributed by atoms with van der Waals surface area (Å²) in [6.45, 7) is 12.8. The van der Waals surface area contributed by atoms with E-state index in [2.05, 4.69) is 48.5 Å². The highest BCUT2D eigenvalue weighted by molar-refractivity contribution is 5.59. The Balaban J connectivity index is 2.21. The SMILES string of the molecule is C#Cc1ccnc(NC(=C)Cc2nc(C(=C)NCC(C)(F)F)ccc2CCC(C)CCC)c1. The van der Waals surface area contributed by atoms with Crippen LogP contribution in [-0.4, -0.2) is 22.4 Å². The first-order chi connectivity index (χ1) is 15.6. The van der Waals surface area contributed by atoms with Crippen LogP contribution >= 0.6 is 0 Å². The maximum Gasteiger partial charge on any atom is 0.262 e. The lowest BCUT2D eigenvalue weighted by Gasteiger charge is -2.18. The molecule has 1 unspecified atom stereocenters. The van der Waals surface area contributed by atoms with Gasteiger partial charge in [-0.25, -0.2) is 13.8 Å². The van der Waals surface area contributed by atoms with Crippen LogP contribution < -0.4 is 10.6 Å². The average molecular weight is 453 g/mol. The molecule has 0 aliphatic carbocycles. The first-order valence-electron chi connectivity index (χ1n) is 11.3. The van der Waals surface area contributed by atoms with Gasteiger partial charge >= 0.3 is 0 Å². The van der Waals surface area contributed by atoms with Crippen LogP contribution in [0.1, 0.15) is 62.5 Å². The Labute approximate surface area is 196 Å². The summed E-state index contributed by atoms with van der Waals surface area (Å²) in [7, 11) is 0. The van der Waals surface area contributed by atoms with Crippen LogP contribution in [0.25, 0.3) is 5.70 Å². The van der Waals surface area contributed by atoms with Crippen LogP contribution in [0.2, 0.25) is 0 Å². The topological polar surface area (TPSA) is 49.8 Å². The number of hydrogen-bond acceptors (Lipinski definition) is 4. The third-order valence-electron chi connectivity index (χ3n) is 5.29. The molecule has 2 heterocycles. The molecule has 6 heteroatoms. The molecule has 2 aromatic heterocycles. The molecule has 0 aliphatic heterocycles. The first kappa shape index (κ1) is 26.1. The van der Waals surface area contributed by atoms with E-state index in [9.17, 15) is 8.78 Å². The normalized spacial score (nSPS) is 12.0. The number of hydrogen-bond donors (Lipinski definition) is 2. The molecule has 33 heavy (non-hydrogen) atoms. The van der Waals surface area contributed by atoms with E-state index in [1.165, 1.54) is 6.42 Å². The highest BCUT2D eigenvalue weighted by atomic mass is 19.3. The number of nitrogens with zero attached hydrogens (tertiary/aromatic N) is 2. The van der Waals surface area contributed by atoms with E-state index < -0.39 is 12.5 Å². The van der Waals surface area contributed by atoms with Gasteiger partial charge in [0.05, 0.1) is 23.6 Å². The molecule has 0 bridgehead atoms. The molecule has 4 nitrogen and oxygen atoms in total. The van der Waals surface area contributed by atoms with E-state index in [-0.39, 0.29) is 0 Å². The predicted octanol–water partition coefficient (Wildman–Crippen LogP) is 6.21. The van der Waals surface area contributed by atoms with Crippen molar-refractivity contribution in [2.24, 2.45) is 5.92 Å². The van der Waals surface area contributed by atoms with Gasteiger partial charge in [0.15, 0.2) is 0 Å². The minimum atomic E-state index is -2.83. The van der Waals surface area contributed by atoms with Crippen molar-refractivity contribution in [1.82, 2.24) is 15.3 Å². The Hall–Kier alpha value is -3.20. The Morgan fingerprint density at radius 3 is 2.67 bits per heavy atom. The highest BCUT2D eigenvalue weighted by Gasteiger charge is 2.21. The predicted molar refractivity (Wildman–Crippen MR) is 133 cm³/mol. The number of rotatable bonds is 13. The van der Waals surface area contributed by atoms with Crippen molar-refractivity contribution in [3.05, 3.63) is 71.8 Å². The lowest BCUT2D eigenvalue weighted by molar-refractivity contribution is 0.0267. The van der Waals surface area contributed by atoms with Gasteiger partial charge in [-0.2, -0.15) is 0 Å². The van der Waals surface area contributed by atoms with Gasteiger partial charge in [-0.15, -0.1) is 6.42 Å². The van der Waals surface area contributed by atoms with E-state index in [4.69, 9.17) is 11.4 Å². The quantitative estimate of drug-likeness (QED) is 0.355. The summed E-state index contributed by atoms with van der Waals surface area (Å²) in [4.78, 5) is 9.03. The largest absolute Gasteiger partial charge is 0.378 e. The van der Waals surface area contributed by atoms with Crippen molar-refractivity contribution in [2.75, 3.05) is 11.9 Å². The number of nitrogens with one attached hydrogen (secondary N) is 2. The van der Waals surface area contributed by atoms with Gasteiger partial charge in [0.2, 0.25) is 0 Å². The van der Waals surface area contributed by atoms with Crippen LogP contribution in [-0.2, 0) is 12.8 Å². The van der Waals surface area contributed by atoms with E-state index in [1.807, 2.05) is 12.1 Å². The molecule has 0 aromatic carbocycles. The van der Waals surface area contributed by atoms with E-state index >= 15 is 0 Å². The van der Waals surface area contributed by atoms with Gasteiger partial charge in [-0.1, -0.05) is 51.8 Å². The van der Waals surface area contributed by atoms with Crippen molar-refractivity contribution in [2.45, 2.75) is 58.8 Å². The number of alkyl halides is 2. The molecule has 0 saturated carbocycles. The third-order valence-corrected chi connectivity index (χ3v) is 5.29. The van der Waals surface area contributed by atoms with Gasteiger partial charge < -0.3 is 10.6 Å². The smallest absolute Gasteiger partial charge is 0.262 e. The number of pyridine rings is 2. The lowest BCUT2D eigenvalue weighted by atomic mass is 9.95. The van der Waals surface area contributed by atoms with Crippen LogP contribution in [0.15, 0.2) is 49.3 Å². The molecule has 176 valence electrons. The van der Waals surface area contributed by atoms with Gasteiger partial charge in [-0.3, -0.25) is 4.98 Å². The summed E-state index contributed by atoms with van der Waals surface area (Å²) in [6, 6.07) is 7.38. The maximum absolute atomic E-state index is 13.3. The van der Waals surface area contributed by atoms with E-state index in [1.54, 1.807) is 18.3 Å². The van der Waals surface area contributed by atoms with Crippen LogP contribution in [0, 0.1) is 18.3 Å². The summed E-state index contributed by atoms with van der Waals surface area (Å²) >= 11 is 0. The highest BCUT2D eigenvalue weighted by Crippen LogP contribution is 2.21. The summed E-state index contributed by atoms with van der Waals surface area (Å²) in [5, 5.41) is 5.88. The fourth-order valence-electron chi connectivity index (χ4n) is 3.49. The molecule has 0 fully saturated rings. The Morgan fingerprint density at radius 1 is 1.24 bits per heavy atom. The van der Waals surface area contributed by atoms with Crippen LogP contribution in [0.3, 0.4) is 0 Å². The minimum absolute atomic E-state index is 0.366. The number of aromatic nitrogens is 2. The Kier molecular flexibility index (Phi) is 9.59. The second-order valence-corrected chi connectivity index (χ2v) is 8.62. The number of terminal acetylenes is 1. The second kappa shape index (κ2) is 12.2. The molecule has 0 spiro atoms. The summed E-state index contributed by atoms with van der Waals surface area (Å²) < 4.78 is 26.5. The standard InChI is InChI=1S/C27H34F2N4/c1-7-9-19(3)10-11-23-12-13-24(21(5)31-18-27(6,28)29)33-25(23)16-20(4)32-26-17-22(8-2)14-15-30-26/h2,12-15,17,19,31H,4-5,7,9-11,16,18H2,1,3,6H3,(H,30,32). The number of anilines is 1. The molecule has 2 aromatic rings. The zero-order valence-corrected chi connectivity index (χ0v) is 19.8. The number of aryl methyl sites for hydroxylation is 1. The van der Waals surface area contributed by atoms with Gasteiger partial charge in [0.25, 0.3) is 5.92 Å². The summed E-state index contributed by atoms with van der Waals surface area (Å²) in [5.41, 5.74) is 4.30. The molecule has 1 atom stereocenters. The van der Waals surface area contributed by atoms with Crippen LogP contribution in [0.5, 0.6) is 0 Å². The van der Waals surface area contributed by atoms with Gasteiger partial charge in [0, 0.05) is 30.8 Å². The van der Waals surface area contributed by atoms with Crippen LogP contribution in [0.4, 0.5) is 14.6 Å². The van der Waals surface area contributed by atoms with Crippen molar-refractivity contribution in [3.63, 3.8) is 0 Å². The van der Waals surface area contributed by atoms with Crippen molar-refractivity contribution in [1.29, 1.82) is 0 Å². The Bertz CT molecular complexity index is 1000. The molecule has 0 saturated heterocycles. The molecule has 0 radical (unpaired) electrons. The van der Waals surface area contributed by atoms with Gasteiger partial charge in [0.1, 0.15) is 5.82 Å². The first-order valence-corrected chi connectivity index (χ1v) is 11.3. The van der Waals surface area contributed by atoms with E-state index in [0.717, 1.165) is 43.0 Å². The van der Waals surface area contributed by atoms with E-state index in [0.29, 0.717) is 35.2 Å². The average Bonchev–Trinajstić information content (AvgIpc) is 2.76. The molecular formula is C27H34F2N4. The molecule has 0 aliphatic rings. The monoisotopic (exact) mass is 452 g/mol. The molecule has 0 amide bonds. The van der Waals surface area contributed by atoms with Crippen molar-refractivity contribution in [3.8, 4) is 12.3 Å². The van der Waals surface area contributed by atoms with Gasteiger partial charge in [-0.05, 0) is 42.5 Å². The zero-order valence-electron chi connectivity index (χ0n) is 19.8. The number of allylic oxidation sites excluding steroid dienone is 1. The van der Waals surface area contributed by atoms with Crippen molar-refractivity contribution >= 4 is 11.5 Å². The maximum atomic E-state index is 13.3. The molecule has 2 N–H and O–H groups in total. The molecule has 2 rings (SSSR count). The third kappa shape index (κ3) is 9.05. The lowest BCUT2D eigenvalue weighted by Crippen LogP contribution is -2.28. The fraction of sp³-hybridized carbons (Fsp3) is 0.407. The number of halogens is 2. The molecular weight excluding hydrogens is 418 g/mol. The Morgan fingerprint density at radius 2 is 2.00 bits per heavy atom. The second-order valence-electron chi connectivity index (χ2n) is 8.62. The summed E-state index contributed by atoms with van der Waals surface area (Å²) in [5.74, 6) is 0.979. The fourth-order valence-corrected chi connectivity index (χ4v) is 3.49. The van der Waals surface area contributed by atoms with Crippen molar-refractivity contribution < 1.29 is 8.78 Å². The zero-order chi connectivity index (χ0) is 24.4.